The Morgan fingerprint density at radius 2 is 1.55 bits per heavy atom. The zero-order valence-corrected chi connectivity index (χ0v) is 20.4. The molecule has 0 bridgehead atoms. The van der Waals surface area contributed by atoms with Crippen LogP contribution in [0.3, 0.4) is 0 Å². The van der Waals surface area contributed by atoms with Crippen molar-refractivity contribution < 1.29 is 18.7 Å². The maximum Gasteiger partial charge on any atom is 0.513 e. The van der Waals surface area contributed by atoms with Crippen molar-refractivity contribution in [2.75, 3.05) is 6.61 Å². The maximum atomic E-state index is 12.0. The topological polar surface area (TPSA) is 44.8 Å². The Balaban J connectivity index is 1.97. The zero-order valence-electron chi connectivity index (χ0n) is 19.4. The number of benzene rings is 2. The Labute approximate surface area is 187 Å². The Kier molecular flexibility index (Phi) is 7.07. The van der Waals surface area contributed by atoms with Gasteiger partial charge in [0.2, 0.25) is 0 Å². The minimum atomic E-state index is -2.63. The summed E-state index contributed by atoms with van der Waals surface area (Å²) in [6.07, 6.45) is 0.924. The highest BCUT2D eigenvalue weighted by atomic mass is 28.4. The van der Waals surface area contributed by atoms with Gasteiger partial charge in [0.25, 0.3) is 8.32 Å². The first-order valence-electron chi connectivity index (χ1n) is 11.0. The van der Waals surface area contributed by atoms with E-state index in [1.807, 2.05) is 32.1 Å². The minimum absolute atomic E-state index is 0.0134. The van der Waals surface area contributed by atoms with Crippen LogP contribution in [0.1, 0.15) is 41.5 Å². The van der Waals surface area contributed by atoms with E-state index in [-0.39, 0.29) is 23.0 Å². The molecule has 0 N–H and O–H groups in total. The van der Waals surface area contributed by atoms with Crippen LogP contribution < -0.4 is 10.4 Å². The minimum Gasteiger partial charge on any atom is -0.430 e. The predicted molar refractivity (Wildman–Crippen MR) is 127 cm³/mol. The SMILES string of the molecule is C/C=C1\OC(=O)O[C@H]([C@H](C)CO[Si](c2ccccc2)(c2ccccc2)C(C)(C)C)[C@H]1C. The van der Waals surface area contributed by atoms with Crippen LogP contribution in [0.15, 0.2) is 72.5 Å². The molecule has 0 aliphatic carbocycles. The van der Waals surface area contributed by atoms with Gasteiger partial charge in [-0.05, 0) is 28.4 Å². The highest BCUT2D eigenvalue weighted by Gasteiger charge is 2.50. The number of cyclic esters (lactones) is 2. The standard InChI is InChI=1S/C26H34O4Si/c1-7-23-20(3)24(30-25(27)29-23)19(2)18-28-31(26(4,5)6,21-14-10-8-11-15-21)22-16-12-9-13-17-22/h7-17,19-20,24H,18H2,1-6H3/b23-7-/t19-,20+,24-/m1/s1. The fourth-order valence-electron chi connectivity index (χ4n) is 4.63. The molecule has 2 aromatic rings. The van der Waals surface area contributed by atoms with E-state index in [1.165, 1.54) is 10.4 Å². The lowest BCUT2D eigenvalue weighted by atomic mass is 9.91. The van der Waals surface area contributed by atoms with E-state index in [0.29, 0.717) is 12.4 Å². The molecule has 0 saturated carbocycles. The summed E-state index contributed by atoms with van der Waals surface area (Å²) in [7, 11) is -2.63. The molecule has 1 fully saturated rings. The van der Waals surface area contributed by atoms with Gasteiger partial charge in [-0.3, -0.25) is 0 Å². The molecule has 0 radical (unpaired) electrons. The lowest BCUT2D eigenvalue weighted by Crippen LogP contribution is -2.67. The smallest absolute Gasteiger partial charge is 0.430 e. The van der Waals surface area contributed by atoms with Gasteiger partial charge in [-0.25, -0.2) is 4.79 Å². The van der Waals surface area contributed by atoms with E-state index in [2.05, 4.69) is 76.2 Å². The molecule has 31 heavy (non-hydrogen) atoms. The highest BCUT2D eigenvalue weighted by molar-refractivity contribution is 6.99. The maximum absolute atomic E-state index is 12.0. The molecule has 3 atom stereocenters. The monoisotopic (exact) mass is 438 g/mol. The molecule has 0 unspecified atom stereocenters. The molecule has 0 amide bonds. The number of rotatable bonds is 6. The number of hydrogen-bond donors (Lipinski definition) is 0. The lowest BCUT2D eigenvalue weighted by molar-refractivity contribution is -0.0511. The van der Waals surface area contributed by atoms with E-state index >= 15 is 0 Å². The first-order chi connectivity index (χ1) is 14.7. The average Bonchev–Trinajstić information content (AvgIpc) is 2.76. The van der Waals surface area contributed by atoms with Crippen molar-refractivity contribution in [3.63, 3.8) is 0 Å². The quantitative estimate of drug-likeness (QED) is 0.455. The number of carbonyl (C=O) groups excluding carboxylic acids is 1. The molecule has 166 valence electrons. The van der Waals surface area contributed by atoms with Crippen LogP contribution in [0, 0.1) is 11.8 Å². The molecule has 5 heteroatoms. The van der Waals surface area contributed by atoms with Gasteiger partial charge in [0.05, 0.1) is 5.92 Å². The first kappa shape index (κ1) is 23.3. The summed E-state index contributed by atoms with van der Waals surface area (Å²) in [5.41, 5.74) is 0. The second kappa shape index (κ2) is 9.41. The molecule has 0 spiro atoms. The van der Waals surface area contributed by atoms with Gasteiger partial charge in [-0.1, -0.05) is 95.3 Å². The molecule has 3 rings (SSSR count). The van der Waals surface area contributed by atoms with Crippen LogP contribution in [0.5, 0.6) is 0 Å². The summed E-state index contributed by atoms with van der Waals surface area (Å²) in [6, 6.07) is 21.2. The van der Waals surface area contributed by atoms with Gasteiger partial charge in [0.15, 0.2) is 0 Å². The summed E-state index contributed by atoms with van der Waals surface area (Å²) in [6.45, 7) is 13.3. The summed E-state index contributed by atoms with van der Waals surface area (Å²) in [5.74, 6) is 0.665. The normalized spacial score (nSPS) is 22.0. The van der Waals surface area contributed by atoms with Crippen LogP contribution in [0.2, 0.25) is 5.04 Å². The van der Waals surface area contributed by atoms with Crippen LogP contribution in [0.25, 0.3) is 0 Å². The van der Waals surface area contributed by atoms with Crippen LogP contribution >= 0.6 is 0 Å². The van der Waals surface area contributed by atoms with E-state index in [9.17, 15) is 4.79 Å². The highest BCUT2D eigenvalue weighted by Crippen LogP contribution is 2.38. The summed E-state index contributed by atoms with van der Waals surface area (Å²) >= 11 is 0. The molecule has 1 heterocycles. The van der Waals surface area contributed by atoms with Gasteiger partial charge in [-0.2, -0.15) is 0 Å². The Morgan fingerprint density at radius 3 is 2.00 bits per heavy atom. The fraction of sp³-hybridized carbons (Fsp3) is 0.423. The predicted octanol–water partition coefficient (Wildman–Crippen LogP) is 5.27. The van der Waals surface area contributed by atoms with Gasteiger partial charge < -0.3 is 13.9 Å². The third kappa shape index (κ3) is 4.63. The van der Waals surface area contributed by atoms with Crippen molar-refractivity contribution >= 4 is 24.8 Å². The van der Waals surface area contributed by atoms with Crippen LogP contribution in [-0.2, 0) is 13.9 Å². The summed E-state index contributed by atoms with van der Waals surface area (Å²) in [5, 5.41) is 2.39. The molecule has 4 nitrogen and oxygen atoms in total. The zero-order chi connectivity index (χ0) is 22.6. The molecule has 1 aliphatic rings. The first-order valence-corrected chi connectivity index (χ1v) is 12.9. The van der Waals surface area contributed by atoms with E-state index in [0.717, 1.165) is 0 Å². The second-order valence-electron chi connectivity index (χ2n) is 9.37. The van der Waals surface area contributed by atoms with Crippen molar-refractivity contribution in [1.82, 2.24) is 0 Å². The van der Waals surface area contributed by atoms with E-state index in [4.69, 9.17) is 13.9 Å². The number of hydrogen-bond acceptors (Lipinski definition) is 4. The second-order valence-corrected chi connectivity index (χ2v) is 13.7. The molecule has 1 saturated heterocycles. The lowest BCUT2D eigenvalue weighted by Gasteiger charge is -2.44. The average molecular weight is 439 g/mol. The van der Waals surface area contributed by atoms with Crippen LogP contribution in [-0.4, -0.2) is 27.2 Å². The molecular weight excluding hydrogens is 404 g/mol. The third-order valence-corrected chi connectivity index (χ3v) is 11.2. The van der Waals surface area contributed by atoms with Crippen molar-refractivity contribution in [3.8, 4) is 0 Å². The van der Waals surface area contributed by atoms with Gasteiger partial charge in [0, 0.05) is 12.5 Å². The Bertz CT molecular complexity index is 863. The molecule has 2 aromatic carbocycles. The Morgan fingerprint density at radius 1 is 1.03 bits per heavy atom. The third-order valence-electron chi connectivity index (χ3n) is 6.20. The number of carbonyl (C=O) groups is 1. The molecular formula is C26H34O4Si. The van der Waals surface area contributed by atoms with Gasteiger partial charge >= 0.3 is 6.16 Å². The molecule has 0 aromatic heterocycles. The Hall–Kier alpha value is -2.37. The summed E-state index contributed by atoms with van der Waals surface area (Å²) in [4.78, 5) is 12.0. The van der Waals surface area contributed by atoms with Crippen LogP contribution in [0.4, 0.5) is 4.79 Å². The largest absolute Gasteiger partial charge is 0.513 e. The molecule has 1 aliphatic heterocycles. The van der Waals surface area contributed by atoms with E-state index in [1.54, 1.807) is 0 Å². The number of ether oxygens (including phenoxy) is 2. The van der Waals surface area contributed by atoms with Crippen molar-refractivity contribution in [1.29, 1.82) is 0 Å². The van der Waals surface area contributed by atoms with Crippen molar-refractivity contribution in [3.05, 3.63) is 72.5 Å². The van der Waals surface area contributed by atoms with Gasteiger partial charge in [-0.15, -0.1) is 0 Å². The van der Waals surface area contributed by atoms with Crippen molar-refractivity contribution in [2.45, 2.75) is 52.7 Å². The van der Waals surface area contributed by atoms with Gasteiger partial charge in [0.1, 0.15) is 11.9 Å². The summed E-state index contributed by atoms with van der Waals surface area (Å²) < 4.78 is 17.8. The fourth-order valence-corrected chi connectivity index (χ4v) is 9.30. The number of allylic oxidation sites excluding steroid dienone is 1. The van der Waals surface area contributed by atoms with E-state index < -0.39 is 14.5 Å². The van der Waals surface area contributed by atoms with Crippen molar-refractivity contribution in [2.24, 2.45) is 11.8 Å².